The summed E-state index contributed by atoms with van der Waals surface area (Å²) in [6.07, 6.45) is 7.32. The molecule has 0 aromatic rings. The second-order valence-corrected chi connectivity index (χ2v) is 2.68. The van der Waals surface area contributed by atoms with E-state index in [1.165, 1.54) is 6.42 Å². The first kappa shape index (κ1) is 10.5. The Morgan fingerprint density at radius 3 is 2.73 bits per heavy atom. The third-order valence-corrected chi connectivity index (χ3v) is 1.51. The fraction of sp³-hybridized carbons (Fsp3) is 0.889. The molecule has 2 nitrogen and oxygen atoms in total. The van der Waals surface area contributed by atoms with E-state index >= 15 is 0 Å². The molecule has 0 bridgehead atoms. The minimum absolute atomic E-state index is 0.226. The van der Waals surface area contributed by atoms with Gasteiger partial charge in [-0.15, -0.1) is 0 Å². The summed E-state index contributed by atoms with van der Waals surface area (Å²) in [6.45, 7) is 6.23. The zero-order valence-electron chi connectivity index (χ0n) is 7.76. The monoisotopic (exact) mass is 156 g/mol. The van der Waals surface area contributed by atoms with Crippen LogP contribution < -0.4 is 0 Å². The second kappa shape index (κ2) is 7.58. The van der Waals surface area contributed by atoms with E-state index in [1.54, 1.807) is 0 Å². The third kappa shape index (κ3) is 7.37. The van der Waals surface area contributed by atoms with Gasteiger partial charge in [0.25, 0.3) is 0 Å². The van der Waals surface area contributed by atoms with Crippen LogP contribution in [0, 0.1) is 0 Å². The molecule has 0 saturated carbocycles. The number of unbranched alkanes of at least 4 members (excludes halogenated alkanes) is 2. The van der Waals surface area contributed by atoms with Gasteiger partial charge in [-0.25, -0.2) is 0 Å². The van der Waals surface area contributed by atoms with Gasteiger partial charge in [0.15, 0.2) is 0 Å². The van der Waals surface area contributed by atoms with Gasteiger partial charge in [-0.3, -0.25) is 0 Å². The first-order chi connectivity index (χ1) is 5.31. The molecule has 0 aliphatic carbocycles. The van der Waals surface area contributed by atoms with E-state index in [4.69, 9.17) is 4.84 Å². The molecule has 0 aromatic carbocycles. The fourth-order valence-corrected chi connectivity index (χ4v) is 0.503. The second-order valence-electron chi connectivity index (χ2n) is 2.68. The van der Waals surface area contributed by atoms with Gasteiger partial charge in [-0.05, 0) is 26.2 Å². The summed E-state index contributed by atoms with van der Waals surface area (Å²) in [5, 5.41) is 3.73. The average molecular weight is 156 g/mol. The lowest BCUT2D eigenvalue weighted by Crippen LogP contribution is -2.00. The highest BCUT2D eigenvalue weighted by Gasteiger charge is 1.94. The molecule has 0 aliphatic heterocycles. The summed E-state index contributed by atoms with van der Waals surface area (Å²) < 4.78 is 0. The van der Waals surface area contributed by atoms with Gasteiger partial charge in [0, 0.05) is 0 Å². The largest absolute Gasteiger partial charge is 0.393 e. The van der Waals surface area contributed by atoms with Crippen molar-refractivity contribution in [3.63, 3.8) is 0 Å². The molecule has 0 amide bonds. The summed E-state index contributed by atoms with van der Waals surface area (Å²) in [7, 11) is 0. The molecular formula is C9H18NO. The van der Waals surface area contributed by atoms with Crippen molar-refractivity contribution < 1.29 is 4.84 Å². The maximum absolute atomic E-state index is 5.05. The molecule has 1 radical (unpaired) electrons. The van der Waals surface area contributed by atoms with Gasteiger partial charge in [-0.2, -0.15) is 0 Å². The van der Waals surface area contributed by atoms with E-state index in [-0.39, 0.29) is 6.10 Å². The van der Waals surface area contributed by atoms with Crippen molar-refractivity contribution >= 4 is 6.21 Å². The number of rotatable bonds is 6. The highest BCUT2D eigenvalue weighted by atomic mass is 16.6. The molecule has 0 heterocycles. The van der Waals surface area contributed by atoms with Crippen molar-refractivity contribution in [1.82, 2.24) is 0 Å². The zero-order valence-corrected chi connectivity index (χ0v) is 7.76. The summed E-state index contributed by atoms with van der Waals surface area (Å²) in [6, 6.07) is 0. The Bertz CT molecular complexity index is 102. The van der Waals surface area contributed by atoms with Gasteiger partial charge < -0.3 is 4.84 Å². The van der Waals surface area contributed by atoms with E-state index in [2.05, 4.69) is 25.2 Å². The predicted molar refractivity (Wildman–Crippen MR) is 47.8 cm³/mol. The Kier molecular flexibility index (Phi) is 7.21. The Morgan fingerprint density at radius 1 is 1.45 bits per heavy atom. The molecule has 0 aromatic heterocycles. The van der Waals surface area contributed by atoms with E-state index in [0.29, 0.717) is 0 Å². The Balaban J connectivity index is 3.15. The van der Waals surface area contributed by atoms with Crippen LogP contribution in [0.3, 0.4) is 0 Å². The van der Waals surface area contributed by atoms with Crippen LogP contribution in [0.4, 0.5) is 0 Å². The highest BCUT2D eigenvalue weighted by Crippen LogP contribution is 1.96. The first-order valence-electron chi connectivity index (χ1n) is 4.40. The van der Waals surface area contributed by atoms with Crippen molar-refractivity contribution in [2.75, 3.05) is 0 Å². The molecule has 0 spiro atoms. The van der Waals surface area contributed by atoms with Crippen molar-refractivity contribution in [1.29, 1.82) is 0 Å². The fourth-order valence-electron chi connectivity index (χ4n) is 0.503. The molecular weight excluding hydrogens is 138 g/mol. The van der Waals surface area contributed by atoms with E-state index in [9.17, 15) is 0 Å². The van der Waals surface area contributed by atoms with Crippen molar-refractivity contribution in [3.05, 3.63) is 0 Å². The normalized spacial score (nSPS) is 13.7. The first-order valence-corrected chi connectivity index (χ1v) is 4.40. The standard InChI is InChI=1S/C9H18NO/c1-4-6-7-8-10-11-9(3)5-2/h9H,4-7H2,1-3H3. The molecule has 65 valence electrons. The topological polar surface area (TPSA) is 21.6 Å². The number of hydrogen-bond donors (Lipinski definition) is 0. The molecule has 1 atom stereocenters. The third-order valence-electron chi connectivity index (χ3n) is 1.51. The van der Waals surface area contributed by atoms with E-state index < -0.39 is 0 Å². The molecule has 0 fully saturated rings. The lowest BCUT2D eigenvalue weighted by molar-refractivity contribution is 0.0707. The minimum Gasteiger partial charge on any atom is -0.393 e. The van der Waals surface area contributed by atoms with Crippen LogP contribution in [-0.4, -0.2) is 12.3 Å². The summed E-state index contributed by atoms with van der Waals surface area (Å²) >= 11 is 0. The maximum Gasteiger partial charge on any atom is 0.124 e. The molecule has 1 unspecified atom stereocenters. The number of hydrogen-bond acceptors (Lipinski definition) is 2. The molecule has 11 heavy (non-hydrogen) atoms. The minimum atomic E-state index is 0.226. The van der Waals surface area contributed by atoms with E-state index in [0.717, 1.165) is 19.3 Å². The van der Waals surface area contributed by atoms with Crippen LogP contribution in [-0.2, 0) is 4.84 Å². The molecule has 0 aliphatic rings. The molecule has 2 heteroatoms. The van der Waals surface area contributed by atoms with Gasteiger partial charge in [0.1, 0.15) is 12.3 Å². The van der Waals surface area contributed by atoms with Crippen molar-refractivity contribution in [2.45, 2.75) is 52.6 Å². The van der Waals surface area contributed by atoms with Gasteiger partial charge in [0.2, 0.25) is 0 Å². The van der Waals surface area contributed by atoms with Crippen LogP contribution in [0.15, 0.2) is 5.16 Å². The van der Waals surface area contributed by atoms with Crippen LogP contribution in [0.1, 0.15) is 46.5 Å². The van der Waals surface area contributed by atoms with E-state index in [1.807, 2.05) is 6.92 Å². The predicted octanol–water partition coefficient (Wildman–Crippen LogP) is 2.85. The maximum atomic E-state index is 5.05. The van der Waals surface area contributed by atoms with Crippen molar-refractivity contribution in [3.8, 4) is 0 Å². The quantitative estimate of drug-likeness (QED) is 0.329. The summed E-state index contributed by atoms with van der Waals surface area (Å²) in [5.74, 6) is 0. The van der Waals surface area contributed by atoms with Crippen LogP contribution >= 0.6 is 0 Å². The summed E-state index contributed by atoms with van der Waals surface area (Å²) in [4.78, 5) is 5.05. The van der Waals surface area contributed by atoms with Gasteiger partial charge >= 0.3 is 0 Å². The number of nitrogens with zero attached hydrogens (tertiary/aromatic N) is 1. The molecule has 0 N–H and O–H groups in total. The lowest BCUT2D eigenvalue weighted by atomic mass is 10.3. The zero-order chi connectivity index (χ0) is 8.53. The Labute approximate surface area is 69.6 Å². The smallest absolute Gasteiger partial charge is 0.124 e. The van der Waals surface area contributed by atoms with Crippen LogP contribution in [0.2, 0.25) is 0 Å². The van der Waals surface area contributed by atoms with Gasteiger partial charge in [0.05, 0.1) is 0 Å². The van der Waals surface area contributed by atoms with Crippen LogP contribution in [0.25, 0.3) is 0 Å². The molecule has 0 rings (SSSR count). The Morgan fingerprint density at radius 2 is 2.18 bits per heavy atom. The van der Waals surface area contributed by atoms with Crippen LogP contribution in [0.5, 0.6) is 0 Å². The summed E-state index contributed by atoms with van der Waals surface area (Å²) in [5.41, 5.74) is 0. The van der Waals surface area contributed by atoms with Gasteiger partial charge in [-0.1, -0.05) is 25.4 Å². The Hall–Kier alpha value is -0.530. The molecule has 0 saturated heterocycles. The highest BCUT2D eigenvalue weighted by molar-refractivity contribution is 5.56. The van der Waals surface area contributed by atoms with Crippen molar-refractivity contribution in [2.24, 2.45) is 5.16 Å². The lowest BCUT2D eigenvalue weighted by Gasteiger charge is -2.03. The SMILES string of the molecule is CCCC/[C]=N\OC(C)CC. The average Bonchev–Trinajstić information content (AvgIpc) is 2.04.